The third kappa shape index (κ3) is 5.29. The maximum atomic E-state index is 13.0. The highest BCUT2D eigenvalue weighted by atomic mass is 32.2. The van der Waals surface area contributed by atoms with Gasteiger partial charge >= 0.3 is 0 Å². The number of hydrogen-bond acceptors (Lipinski definition) is 4. The zero-order valence-corrected chi connectivity index (χ0v) is 18.9. The van der Waals surface area contributed by atoms with Gasteiger partial charge < -0.3 is 5.32 Å². The summed E-state index contributed by atoms with van der Waals surface area (Å²) in [6.45, 7) is 6.98. The van der Waals surface area contributed by atoms with Crippen LogP contribution in [0.25, 0.3) is 0 Å². The molecule has 1 amide bonds. The van der Waals surface area contributed by atoms with Crippen molar-refractivity contribution in [2.75, 3.05) is 13.1 Å². The predicted molar refractivity (Wildman–Crippen MR) is 117 cm³/mol. The molecule has 0 radical (unpaired) electrons. The monoisotopic (exact) mass is 432 g/mol. The third-order valence-corrected chi connectivity index (χ3v) is 7.80. The molecule has 7 nitrogen and oxygen atoms in total. The Morgan fingerprint density at radius 3 is 2.50 bits per heavy atom. The molecule has 1 saturated heterocycles. The Kier molecular flexibility index (Phi) is 7.31. The molecule has 3 rings (SSSR count). The van der Waals surface area contributed by atoms with Gasteiger partial charge in [0.2, 0.25) is 15.9 Å². The van der Waals surface area contributed by atoms with E-state index in [1.165, 1.54) is 9.87 Å². The van der Waals surface area contributed by atoms with Crippen LogP contribution in [0.1, 0.15) is 49.6 Å². The Morgan fingerprint density at radius 1 is 1.17 bits per heavy atom. The number of nitrogens with zero attached hydrogens (tertiary/aromatic N) is 3. The van der Waals surface area contributed by atoms with Crippen molar-refractivity contribution in [3.63, 3.8) is 0 Å². The summed E-state index contributed by atoms with van der Waals surface area (Å²) in [5.74, 6) is -0.0490. The van der Waals surface area contributed by atoms with Crippen LogP contribution < -0.4 is 5.32 Å². The summed E-state index contributed by atoms with van der Waals surface area (Å²) >= 11 is 0. The second-order valence-corrected chi connectivity index (χ2v) is 9.95. The lowest BCUT2D eigenvalue weighted by Crippen LogP contribution is -2.33. The van der Waals surface area contributed by atoms with Gasteiger partial charge in [0.25, 0.3) is 0 Å². The maximum Gasteiger partial charge on any atom is 0.246 e. The quantitative estimate of drug-likeness (QED) is 0.660. The number of nitrogens with one attached hydrogen (secondary N) is 1. The highest BCUT2D eigenvalue weighted by Crippen LogP contribution is 2.26. The lowest BCUT2D eigenvalue weighted by molar-refractivity contribution is -0.122. The van der Waals surface area contributed by atoms with E-state index in [1.807, 2.05) is 25.1 Å². The fourth-order valence-electron chi connectivity index (χ4n) is 3.98. The fourth-order valence-corrected chi connectivity index (χ4v) is 5.87. The van der Waals surface area contributed by atoms with Crippen molar-refractivity contribution in [1.29, 1.82) is 0 Å². The predicted octanol–water partition coefficient (Wildman–Crippen LogP) is 2.81. The molecular formula is C22H32N4O3S. The number of amides is 1. The van der Waals surface area contributed by atoms with Gasteiger partial charge in [-0.25, -0.2) is 8.42 Å². The molecule has 1 atom stereocenters. The van der Waals surface area contributed by atoms with Crippen LogP contribution in [-0.4, -0.2) is 47.5 Å². The minimum absolute atomic E-state index is 0.0490. The van der Waals surface area contributed by atoms with E-state index in [0.717, 1.165) is 25.7 Å². The van der Waals surface area contributed by atoms with Gasteiger partial charge in [-0.2, -0.15) is 9.40 Å². The number of carbonyl (C=O) groups excluding carboxylic acids is 1. The molecule has 2 heterocycles. The largest absolute Gasteiger partial charge is 0.354 e. The molecule has 0 bridgehead atoms. The molecule has 0 saturated carbocycles. The molecule has 164 valence electrons. The van der Waals surface area contributed by atoms with E-state index >= 15 is 0 Å². The zero-order valence-electron chi connectivity index (χ0n) is 18.1. The lowest BCUT2D eigenvalue weighted by atomic mass is 10.1. The molecule has 2 aromatic rings. The van der Waals surface area contributed by atoms with Crippen molar-refractivity contribution in [2.24, 2.45) is 0 Å². The summed E-state index contributed by atoms with van der Waals surface area (Å²) < 4.78 is 29.1. The minimum Gasteiger partial charge on any atom is -0.354 e. The molecule has 1 aromatic heterocycles. The average molecular weight is 433 g/mol. The molecule has 1 fully saturated rings. The number of sulfonamides is 1. The highest BCUT2D eigenvalue weighted by molar-refractivity contribution is 7.89. The van der Waals surface area contributed by atoms with Gasteiger partial charge in [-0.1, -0.05) is 30.3 Å². The number of rotatable bonds is 9. The second-order valence-electron chi connectivity index (χ2n) is 8.08. The van der Waals surface area contributed by atoms with Gasteiger partial charge in [-0.05, 0) is 52.0 Å². The minimum atomic E-state index is -3.52. The fraction of sp³-hybridized carbons (Fsp3) is 0.545. The summed E-state index contributed by atoms with van der Waals surface area (Å²) in [4.78, 5) is 12.7. The first-order valence-electron chi connectivity index (χ1n) is 10.7. The van der Waals surface area contributed by atoms with E-state index < -0.39 is 10.0 Å². The standard InChI is InChI=1S/C22H32N4O3S/c1-17(11-12-20-9-5-4-6-10-20)23-21(27)13-16-26-19(3)22(18(2)24-26)30(28,29)25-14-7-8-15-25/h4-6,9-10,17H,7-8,11-16H2,1-3H3,(H,23,27)/t17-/m0/s1. The molecule has 1 aromatic carbocycles. The van der Waals surface area contributed by atoms with E-state index in [0.29, 0.717) is 35.9 Å². The van der Waals surface area contributed by atoms with E-state index in [-0.39, 0.29) is 18.4 Å². The van der Waals surface area contributed by atoms with Crippen LogP contribution in [0.15, 0.2) is 35.2 Å². The number of aromatic nitrogens is 2. The molecule has 0 unspecified atom stereocenters. The topological polar surface area (TPSA) is 84.3 Å². The summed E-state index contributed by atoms with van der Waals surface area (Å²) in [6, 6.07) is 10.3. The first-order valence-corrected chi connectivity index (χ1v) is 12.1. The van der Waals surface area contributed by atoms with Crippen LogP contribution in [-0.2, 0) is 27.8 Å². The van der Waals surface area contributed by atoms with Crippen molar-refractivity contribution in [3.05, 3.63) is 47.3 Å². The second kappa shape index (κ2) is 9.75. The Bertz CT molecular complexity index is 964. The number of aryl methyl sites for hydroxylation is 3. The van der Waals surface area contributed by atoms with E-state index in [1.54, 1.807) is 18.5 Å². The van der Waals surface area contributed by atoms with Gasteiger partial charge in [-0.3, -0.25) is 9.48 Å². The van der Waals surface area contributed by atoms with Crippen LogP contribution in [0.2, 0.25) is 0 Å². The van der Waals surface area contributed by atoms with Crippen molar-refractivity contribution in [2.45, 2.75) is 70.4 Å². The molecule has 1 aliphatic rings. The molecule has 1 aliphatic heterocycles. The molecular weight excluding hydrogens is 400 g/mol. The highest BCUT2D eigenvalue weighted by Gasteiger charge is 2.32. The van der Waals surface area contributed by atoms with Crippen LogP contribution >= 0.6 is 0 Å². The molecule has 0 aliphatic carbocycles. The number of benzene rings is 1. The molecule has 8 heteroatoms. The maximum absolute atomic E-state index is 13.0. The van der Waals surface area contributed by atoms with Crippen LogP contribution in [0.5, 0.6) is 0 Å². The van der Waals surface area contributed by atoms with Crippen molar-refractivity contribution >= 4 is 15.9 Å². The average Bonchev–Trinajstić information content (AvgIpc) is 3.34. The lowest BCUT2D eigenvalue weighted by Gasteiger charge is -2.16. The normalized spacial score (nSPS) is 16.0. The van der Waals surface area contributed by atoms with Gasteiger partial charge in [0, 0.05) is 25.6 Å². The van der Waals surface area contributed by atoms with Crippen molar-refractivity contribution in [1.82, 2.24) is 19.4 Å². The Hall–Kier alpha value is -2.19. The smallest absolute Gasteiger partial charge is 0.246 e. The SMILES string of the molecule is Cc1nn(CCC(=O)N[C@@H](C)CCc2ccccc2)c(C)c1S(=O)(=O)N1CCCC1. The molecule has 0 spiro atoms. The van der Waals surface area contributed by atoms with Crippen LogP contribution in [0.4, 0.5) is 0 Å². The van der Waals surface area contributed by atoms with E-state index in [2.05, 4.69) is 22.5 Å². The van der Waals surface area contributed by atoms with Gasteiger partial charge in [-0.15, -0.1) is 0 Å². The Morgan fingerprint density at radius 2 is 1.83 bits per heavy atom. The molecule has 1 N–H and O–H groups in total. The zero-order chi connectivity index (χ0) is 21.7. The third-order valence-electron chi connectivity index (χ3n) is 5.64. The summed E-state index contributed by atoms with van der Waals surface area (Å²) in [5.41, 5.74) is 2.35. The Balaban J connectivity index is 1.55. The number of hydrogen-bond donors (Lipinski definition) is 1. The van der Waals surface area contributed by atoms with E-state index in [9.17, 15) is 13.2 Å². The van der Waals surface area contributed by atoms with Crippen molar-refractivity contribution in [3.8, 4) is 0 Å². The van der Waals surface area contributed by atoms with Crippen LogP contribution in [0.3, 0.4) is 0 Å². The Labute approximate surface area is 179 Å². The summed E-state index contributed by atoms with van der Waals surface area (Å²) in [6.07, 6.45) is 3.84. The van der Waals surface area contributed by atoms with Crippen LogP contribution in [0, 0.1) is 13.8 Å². The van der Waals surface area contributed by atoms with E-state index in [4.69, 9.17) is 0 Å². The first kappa shape index (κ1) is 22.5. The number of carbonyl (C=O) groups is 1. The summed E-state index contributed by atoms with van der Waals surface area (Å²) in [5, 5.41) is 7.44. The van der Waals surface area contributed by atoms with Gasteiger partial charge in [0.05, 0.1) is 17.9 Å². The summed E-state index contributed by atoms with van der Waals surface area (Å²) in [7, 11) is -3.52. The molecule has 30 heavy (non-hydrogen) atoms. The van der Waals surface area contributed by atoms with Gasteiger partial charge in [0.15, 0.2) is 0 Å². The first-order chi connectivity index (χ1) is 14.3. The van der Waals surface area contributed by atoms with Gasteiger partial charge in [0.1, 0.15) is 4.90 Å². The van der Waals surface area contributed by atoms with Crippen molar-refractivity contribution < 1.29 is 13.2 Å².